The van der Waals surface area contributed by atoms with E-state index in [0.717, 1.165) is 33.5 Å². The van der Waals surface area contributed by atoms with E-state index in [4.69, 9.17) is 4.74 Å². The molecule has 1 unspecified atom stereocenters. The van der Waals surface area contributed by atoms with Crippen molar-refractivity contribution < 1.29 is 9.53 Å². The summed E-state index contributed by atoms with van der Waals surface area (Å²) in [5.41, 5.74) is 5.03. The first-order valence-corrected chi connectivity index (χ1v) is 10.6. The SMILES string of the molecule is COCC(C)n1c(C)cc(C(=O)CSc2nnc(-c3ccc(C)cc3)n2C)c1C. The molecule has 154 valence electrons. The summed E-state index contributed by atoms with van der Waals surface area (Å²) in [7, 11) is 3.62. The number of carbonyl (C=O) groups is 1. The van der Waals surface area contributed by atoms with Crippen LogP contribution in [0, 0.1) is 20.8 Å². The first-order valence-electron chi connectivity index (χ1n) is 9.63. The molecule has 0 N–H and O–H groups in total. The number of thioether (sulfide) groups is 1. The van der Waals surface area contributed by atoms with Crippen molar-refractivity contribution in [1.82, 2.24) is 19.3 Å². The molecule has 0 radical (unpaired) electrons. The van der Waals surface area contributed by atoms with Crippen LogP contribution in [0.1, 0.15) is 40.3 Å². The quantitative estimate of drug-likeness (QED) is 0.406. The third kappa shape index (κ3) is 4.46. The molecule has 2 aromatic heterocycles. The summed E-state index contributed by atoms with van der Waals surface area (Å²) in [6, 6.07) is 10.3. The van der Waals surface area contributed by atoms with Crippen LogP contribution in [-0.2, 0) is 11.8 Å². The van der Waals surface area contributed by atoms with Crippen molar-refractivity contribution in [1.29, 1.82) is 0 Å². The van der Waals surface area contributed by atoms with Gasteiger partial charge < -0.3 is 13.9 Å². The normalized spacial score (nSPS) is 12.3. The first kappa shape index (κ1) is 21.3. The fourth-order valence-electron chi connectivity index (χ4n) is 3.66. The number of methoxy groups -OCH3 is 1. The molecule has 0 spiro atoms. The van der Waals surface area contributed by atoms with E-state index in [1.54, 1.807) is 7.11 Å². The largest absolute Gasteiger partial charge is 0.383 e. The highest BCUT2D eigenvalue weighted by atomic mass is 32.2. The van der Waals surface area contributed by atoms with E-state index in [0.29, 0.717) is 12.4 Å². The summed E-state index contributed by atoms with van der Waals surface area (Å²) in [6.45, 7) is 8.78. The number of carbonyl (C=O) groups excluding carboxylic acids is 1. The molecule has 0 aliphatic rings. The van der Waals surface area contributed by atoms with Gasteiger partial charge in [0.1, 0.15) is 0 Å². The van der Waals surface area contributed by atoms with Crippen molar-refractivity contribution in [2.45, 2.75) is 38.9 Å². The van der Waals surface area contributed by atoms with Crippen LogP contribution < -0.4 is 0 Å². The Kier molecular flexibility index (Phi) is 6.59. The lowest BCUT2D eigenvalue weighted by Crippen LogP contribution is -2.14. The first-order chi connectivity index (χ1) is 13.8. The molecule has 1 atom stereocenters. The number of benzene rings is 1. The molecule has 7 heteroatoms. The molecule has 0 bridgehead atoms. The van der Waals surface area contributed by atoms with Crippen molar-refractivity contribution >= 4 is 17.5 Å². The molecule has 0 amide bonds. The minimum atomic E-state index is 0.0962. The van der Waals surface area contributed by atoms with E-state index in [2.05, 4.69) is 40.7 Å². The fraction of sp³-hybridized carbons (Fsp3) is 0.409. The van der Waals surface area contributed by atoms with Crippen LogP contribution in [0.25, 0.3) is 11.4 Å². The second-order valence-corrected chi connectivity index (χ2v) is 8.34. The summed E-state index contributed by atoms with van der Waals surface area (Å²) >= 11 is 1.42. The van der Waals surface area contributed by atoms with Crippen LogP contribution in [0.3, 0.4) is 0 Å². The summed E-state index contributed by atoms with van der Waals surface area (Å²) in [5.74, 6) is 1.22. The van der Waals surface area contributed by atoms with Gasteiger partial charge >= 0.3 is 0 Å². The Labute approximate surface area is 176 Å². The van der Waals surface area contributed by atoms with Crippen molar-refractivity contribution in [2.24, 2.45) is 7.05 Å². The maximum atomic E-state index is 12.9. The van der Waals surface area contributed by atoms with Gasteiger partial charge in [-0.3, -0.25) is 4.79 Å². The van der Waals surface area contributed by atoms with Gasteiger partial charge in [0, 0.05) is 36.7 Å². The number of aryl methyl sites for hydroxylation is 2. The summed E-state index contributed by atoms with van der Waals surface area (Å²) in [5, 5.41) is 9.32. The van der Waals surface area contributed by atoms with Crippen molar-refractivity contribution in [3.8, 4) is 11.4 Å². The standard InChI is InChI=1S/C22H28N4O2S/c1-14-7-9-18(10-8-14)21-23-24-22(25(21)5)29-13-20(27)19-11-15(2)26(17(19)4)16(3)12-28-6/h7-11,16H,12-13H2,1-6H3. The van der Waals surface area contributed by atoms with Crippen molar-refractivity contribution in [2.75, 3.05) is 19.5 Å². The van der Waals surface area contributed by atoms with Crippen LogP contribution in [0.5, 0.6) is 0 Å². The summed E-state index contributed by atoms with van der Waals surface area (Å²) in [6.07, 6.45) is 0. The van der Waals surface area contributed by atoms with Gasteiger partial charge in [-0.15, -0.1) is 10.2 Å². The predicted molar refractivity (Wildman–Crippen MR) is 117 cm³/mol. The molecule has 2 heterocycles. The third-order valence-electron chi connectivity index (χ3n) is 5.11. The number of ether oxygens (including phenoxy) is 1. The molecule has 1 aromatic carbocycles. The molecular formula is C22H28N4O2S. The zero-order chi connectivity index (χ0) is 21.1. The Morgan fingerprint density at radius 2 is 1.86 bits per heavy atom. The second-order valence-electron chi connectivity index (χ2n) is 7.40. The fourth-order valence-corrected chi connectivity index (χ4v) is 4.45. The topological polar surface area (TPSA) is 61.9 Å². The Hall–Kier alpha value is -2.38. The minimum absolute atomic E-state index is 0.0962. The Morgan fingerprint density at radius 1 is 1.17 bits per heavy atom. The zero-order valence-electron chi connectivity index (χ0n) is 17.9. The molecule has 0 saturated heterocycles. The summed E-state index contributed by atoms with van der Waals surface area (Å²) in [4.78, 5) is 12.9. The molecule has 3 rings (SSSR count). The molecule has 0 saturated carbocycles. The van der Waals surface area contributed by atoms with Gasteiger partial charge in [-0.2, -0.15) is 0 Å². The Bertz CT molecular complexity index is 1000. The smallest absolute Gasteiger partial charge is 0.191 e. The number of rotatable bonds is 8. The average Bonchev–Trinajstić information content (AvgIpc) is 3.20. The molecule has 3 aromatic rings. The predicted octanol–water partition coefficient (Wildman–Crippen LogP) is 4.39. The highest BCUT2D eigenvalue weighted by molar-refractivity contribution is 7.99. The molecule has 29 heavy (non-hydrogen) atoms. The van der Waals surface area contributed by atoms with E-state index in [1.165, 1.54) is 17.3 Å². The summed E-state index contributed by atoms with van der Waals surface area (Å²) < 4.78 is 9.38. The third-order valence-corrected chi connectivity index (χ3v) is 6.13. The van der Waals surface area contributed by atoms with Gasteiger partial charge in [0.25, 0.3) is 0 Å². The highest BCUT2D eigenvalue weighted by Gasteiger charge is 2.20. The minimum Gasteiger partial charge on any atom is -0.383 e. The van der Waals surface area contributed by atoms with Crippen LogP contribution in [-0.4, -0.2) is 44.6 Å². The van der Waals surface area contributed by atoms with Crippen molar-refractivity contribution in [3.63, 3.8) is 0 Å². The number of hydrogen-bond donors (Lipinski definition) is 0. The van der Waals surface area contributed by atoms with Crippen molar-refractivity contribution in [3.05, 3.63) is 52.8 Å². The van der Waals surface area contributed by atoms with Gasteiger partial charge in [-0.05, 0) is 33.8 Å². The Morgan fingerprint density at radius 3 is 2.52 bits per heavy atom. The van der Waals surface area contributed by atoms with Gasteiger partial charge in [0.05, 0.1) is 18.4 Å². The molecule has 6 nitrogen and oxygen atoms in total. The van der Waals surface area contributed by atoms with E-state index in [1.807, 2.05) is 43.7 Å². The Balaban J connectivity index is 1.73. The average molecular weight is 413 g/mol. The van der Waals surface area contributed by atoms with E-state index in [-0.39, 0.29) is 11.8 Å². The van der Waals surface area contributed by atoms with E-state index >= 15 is 0 Å². The van der Waals surface area contributed by atoms with Gasteiger partial charge in [0.2, 0.25) is 0 Å². The monoisotopic (exact) mass is 412 g/mol. The molecular weight excluding hydrogens is 384 g/mol. The van der Waals surface area contributed by atoms with Gasteiger partial charge in [0.15, 0.2) is 16.8 Å². The maximum absolute atomic E-state index is 12.9. The van der Waals surface area contributed by atoms with Crippen LogP contribution in [0.4, 0.5) is 0 Å². The van der Waals surface area contributed by atoms with E-state index < -0.39 is 0 Å². The number of hydrogen-bond acceptors (Lipinski definition) is 5. The van der Waals surface area contributed by atoms with Gasteiger partial charge in [-0.25, -0.2) is 0 Å². The van der Waals surface area contributed by atoms with Crippen LogP contribution in [0.15, 0.2) is 35.5 Å². The highest BCUT2D eigenvalue weighted by Crippen LogP contribution is 2.26. The lowest BCUT2D eigenvalue weighted by atomic mass is 10.1. The lowest BCUT2D eigenvalue weighted by molar-refractivity contribution is 0.102. The van der Waals surface area contributed by atoms with Crippen LogP contribution in [0.2, 0.25) is 0 Å². The maximum Gasteiger partial charge on any atom is 0.191 e. The van der Waals surface area contributed by atoms with Gasteiger partial charge in [-0.1, -0.05) is 41.6 Å². The molecule has 0 fully saturated rings. The number of Topliss-reactive ketones (excluding diaryl/α,β-unsaturated/α-hetero) is 1. The molecule has 0 aliphatic heterocycles. The number of nitrogens with zero attached hydrogens (tertiary/aromatic N) is 4. The lowest BCUT2D eigenvalue weighted by Gasteiger charge is -2.17. The molecule has 0 aliphatic carbocycles. The number of ketones is 1. The van der Waals surface area contributed by atoms with E-state index in [9.17, 15) is 4.79 Å². The number of aromatic nitrogens is 4. The van der Waals surface area contributed by atoms with Crippen LogP contribution >= 0.6 is 11.8 Å². The zero-order valence-corrected chi connectivity index (χ0v) is 18.7. The second kappa shape index (κ2) is 8.97.